The molecule has 3 N–H and O–H groups in total. The Bertz CT molecular complexity index is 1190. The molecule has 3 rings (SSSR count). The van der Waals surface area contributed by atoms with Gasteiger partial charge < -0.3 is 29.6 Å². The number of carbonyl (C=O) groups excluding carboxylic acids is 1. The third-order valence-corrected chi connectivity index (χ3v) is 5.68. The van der Waals surface area contributed by atoms with Crippen molar-refractivity contribution >= 4 is 5.91 Å². The van der Waals surface area contributed by atoms with E-state index in [1.54, 1.807) is 19.1 Å². The average Bonchev–Trinajstić information content (AvgIpc) is 2.81. The number of methoxy groups -OCH3 is 1. The fraction of sp³-hybridized carbons (Fsp3) is 0.308. The van der Waals surface area contributed by atoms with Crippen molar-refractivity contribution < 1.29 is 24.2 Å². The van der Waals surface area contributed by atoms with Crippen LogP contribution in [0.25, 0.3) is 0 Å². The summed E-state index contributed by atoms with van der Waals surface area (Å²) in [5, 5.41) is 23.4. The van der Waals surface area contributed by atoms with Gasteiger partial charge in [-0.15, -0.1) is 0 Å². The van der Waals surface area contributed by atoms with Gasteiger partial charge in [0.1, 0.15) is 5.76 Å². The molecule has 0 aliphatic carbocycles. The van der Waals surface area contributed by atoms with E-state index in [9.17, 15) is 19.8 Å². The summed E-state index contributed by atoms with van der Waals surface area (Å²) < 4.78 is 10.9. The standard InChI is InChI=1S/C26H30N2O6/c1-16-12-22(30)25(32)26(34-16)19(18-10-11-21(29)23(13-18)33-4)14-24(31)27-15-20(28(2)3)17-8-6-5-7-9-17/h5-13,19-20,29,32H,14-15H2,1-4H3,(H,27,31)/t19-,20+/m0/s1. The Morgan fingerprint density at radius 2 is 1.79 bits per heavy atom. The number of aromatic hydroxyl groups is 2. The summed E-state index contributed by atoms with van der Waals surface area (Å²) in [5.41, 5.74) is 1.02. The lowest BCUT2D eigenvalue weighted by atomic mass is 9.91. The number of phenolic OH excluding ortho intramolecular Hbond substituents is 1. The molecule has 0 saturated heterocycles. The van der Waals surface area contributed by atoms with Crippen molar-refractivity contribution in [3.05, 3.63) is 87.5 Å². The highest BCUT2D eigenvalue weighted by Crippen LogP contribution is 2.37. The van der Waals surface area contributed by atoms with Crippen LogP contribution < -0.4 is 15.5 Å². The van der Waals surface area contributed by atoms with Crippen molar-refractivity contribution in [2.75, 3.05) is 27.7 Å². The number of nitrogens with one attached hydrogen (secondary N) is 1. The van der Waals surface area contributed by atoms with Gasteiger partial charge in [0.15, 0.2) is 17.3 Å². The van der Waals surface area contributed by atoms with Crippen molar-refractivity contribution in [3.63, 3.8) is 0 Å². The number of amides is 1. The van der Waals surface area contributed by atoms with Crippen molar-refractivity contribution in [1.82, 2.24) is 10.2 Å². The number of phenols is 1. The monoisotopic (exact) mass is 466 g/mol. The third kappa shape index (κ3) is 5.77. The molecule has 8 nitrogen and oxygen atoms in total. The maximum atomic E-state index is 13.0. The van der Waals surface area contributed by atoms with Crippen LogP contribution in [0.2, 0.25) is 0 Å². The van der Waals surface area contributed by atoms with Crippen LogP contribution >= 0.6 is 0 Å². The van der Waals surface area contributed by atoms with Crippen molar-refractivity contribution in [2.24, 2.45) is 0 Å². The van der Waals surface area contributed by atoms with Crippen molar-refractivity contribution in [2.45, 2.75) is 25.3 Å². The summed E-state index contributed by atoms with van der Waals surface area (Å²) in [6.07, 6.45) is -0.0944. The van der Waals surface area contributed by atoms with E-state index in [0.29, 0.717) is 17.9 Å². The fourth-order valence-corrected chi connectivity index (χ4v) is 3.88. The molecule has 0 radical (unpaired) electrons. The van der Waals surface area contributed by atoms with Gasteiger partial charge in [-0.25, -0.2) is 0 Å². The zero-order chi connectivity index (χ0) is 24.8. The molecule has 1 heterocycles. The Hall–Kier alpha value is -3.78. The summed E-state index contributed by atoms with van der Waals surface area (Å²) in [6, 6.07) is 15.6. The van der Waals surface area contributed by atoms with Gasteiger partial charge in [-0.2, -0.15) is 0 Å². The van der Waals surface area contributed by atoms with E-state index in [1.165, 1.54) is 19.2 Å². The molecule has 8 heteroatoms. The first kappa shape index (κ1) is 24.9. The third-order valence-electron chi connectivity index (χ3n) is 5.68. The van der Waals surface area contributed by atoms with Crippen molar-refractivity contribution in [3.8, 4) is 17.2 Å². The normalized spacial score (nSPS) is 12.9. The average molecular weight is 467 g/mol. The van der Waals surface area contributed by atoms with Gasteiger partial charge in [-0.1, -0.05) is 36.4 Å². The Morgan fingerprint density at radius 3 is 2.44 bits per heavy atom. The first-order valence-electron chi connectivity index (χ1n) is 10.9. The van der Waals surface area contributed by atoms with E-state index >= 15 is 0 Å². The highest BCUT2D eigenvalue weighted by atomic mass is 16.5. The molecule has 0 unspecified atom stereocenters. The number of aryl methyl sites for hydroxylation is 1. The number of likely N-dealkylation sites (N-methyl/N-ethyl adjacent to an activating group) is 1. The molecule has 2 aromatic carbocycles. The highest BCUT2D eigenvalue weighted by molar-refractivity contribution is 5.77. The van der Waals surface area contributed by atoms with Crippen LogP contribution in [0, 0.1) is 6.92 Å². The Balaban J connectivity index is 1.90. The number of hydrogen-bond donors (Lipinski definition) is 3. The molecule has 0 fully saturated rings. The molecule has 2 atom stereocenters. The molecule has 0 saturated carbocycles. The van der Waals surface area contributed by atoms with E-state index < -0.39 is 17.1 Å². The van der Waals surface area contributed by atoms with Crippen LogP contribution in [0.3, 0.4) is 0 Å². The van der Waals surface area contributed by atoms with Gasteiger partial charge >= 0.3 is 0 Å². The maximum absolute atomic E-state index is 13.0. The van der Waals surface area contributed by atoms with Gasteiger partial charge in [0, 0.05) is 19.0 Å². The van der Waals surface area contributed by atoms with Gasteiger partial charge in [0.2, 0.25) is 17.1 Å². The van der Waals surface area contributed by atoms with Crippen LogP contribution in [0.5, 0.6) is 17.2 Å². The quantitative estimate of drug-likeness (QED) is 0.444. The Labute approximate surface area is 198 Å². The van der Waals surface area contributed by atoms with Crippen LogP contribution in [0.15, 0.2) is 63.8 Å². The van der Waals surface area contributed by atoms with E-state index in [1.807, 2.05) is 49.3 Å². The van der Waals surface area contributed by atoms with E-state index in [0.717, 1.165) is 5.56 Å². The minimum Gasteiger partial charge on any atom is -0.504 e. The smallest absolute Gasteiger partial charge is 0.227 e. The minimum atomic E-state index is -0.781. The summed E-state index contributed by atoms with van der Waals surface area (Å²) in [4.78, 5) is 27.3. The van der Waals surface area contributed by atoms with Crippen LogP contribution in [0.4, 0.5) is 0 Å². The lowest BCUT2D eigenvalue weighted by molar-refractivity contribution is -0.121. The largest absolute Gasteiger partial charge is 0.504 e. The summed E-state index contributed by atoms with van der Waals surface area (Å²) >= 11 is 0. The highest BCUT2D eigenvalue weighted by Gasteiger charge is 2.27. The maximum Gasteiger partial charge on any atom is 0.227 e. The van der Waals surface area contributed by atoms with E-state index in [4.69, 9.17) is 9.15 Å². The molecule has 0 bridgehead atoms. The first-order chi connectivity index (χ1) is 16.2. The number of nitrogens with zero attached hydrogens (tertiary/aromatic N) is 1. The van der Waals surface area contributed by atoms with E-state index in [2.05, 4.69) is 5.32 Å². The molecule has 1 amide bonds. The fourth-order valence-electron chi connectivity index (χ4n) is 3.88. The molecule has 0 aliphatic rings. The second kappa shape index (κ2) is 10.9. The number of hydrogen-bond acceptors (Lipinski definition) is 7. The lowest BCUT2D eigenvalue weighted by Crippen LogP contribution is -2.35. The molecule has 1 aromatic heterocycles. The molecule has 34 heavy (non-hydrogen) atoms. The van der Waals surface area contributed by atoms with E-state index in [-0.39, 0.29) is 35.6 Å². The summed E-state index contributed by atoms with van der Waals surface area (Å²) in [7, 11) is 5.29. The number of ether oxygens (including phenoxy) is 1. The van der Waals surface area contributed by atoms with Gasteiger partial charge in [-0.3, -0.25) is 9.59 Å². The second-order valence-corrected chi connectivity index (χ2v) is 8.32. The first-order valence-corrected chi connectivity index (χ1v) is 10.9. The summed E-state index contributed by atoms with van der Waals surface area (Å²) in [6.45, 7) is 1.96. The van der Waals surface area contributed by atoms with Gasteiger partial charge in [-0.05, 0) is 44.3 Å². The Kier molecular flexibility index (Phi) is 7.96. The van der Waals surface area contributed by atoms with Gasteiger partial charge in [0.25, 0.3) is 0 Å². The lowest BCUT2D eigenvalue weighted by Gasteiger charge is -2.25. The number of carbonyl (C=O) groups is 1. The van der Waals surface area contributed by atoms with Crippen LogP contribution in [-0.2, 0) is 4.79 Å². The number of benzene rings is 2. The second-order valence-electron chi connectivity index (χ2n) is 8.32. The zero-order valence-electron chi connectivity index (χ0n) is 19.7. The van der Waals surface area contributed by atoms with Gasteiger partial charge in [0.05, 0.1) is 19.1 Å². The SMILES string of the molecule is COc1cc([C@H](CC(=O)NC[C@H](c2ccccc2)N(C)C)c2oc(C)cc(=O)c2O)ccc1O. The minimum absolute atomic E-state index is 0.0138. The van der Waals surface area contributed by atoms with Crippen LogP contribution in [-0.4, -0.2) is 48.8 Å². The van der Waals surface area contributed by atoms with Crippen molar-refractivity contribution in [1.29, 1.82) is 0 Å². The molecular formula is C26H30N2O6. The Morgan fingerprint density at radius 1 is 1.09 bits per heavy atom. The molecule has 3 aromatic rings. The predicted molar refractivity (Wildman–Crippen MR) is 128 cm³/mol. The molecule has 0 spiro atoms. The number of rotatable bonds is 9. The summed E-state index contributed by atoms with van der Waals surface area (Å²) in [5.74, 6) is -1.19. The molecular weight excluding hydrogens is 436 g/mol. The topological polar surface area (TPSA) is 112 Å². The predicted octanol–water partition coefficient (Wildman–Crippen LogP) is 3.31. The van der Waals surface area contributed by atoms with Crippen LogP contribution in [0.1, 0.15) is 41.0 Å². The molecule has 0 aliphatic heterocycles. The molecule has 180 valence electrons. The zero-order valence-corrected chi connectivity index (χ0v) is 19.7.